The zero-order chi connectivity index (χ0) is 21.1. The zero-order valence-corrected chi connectivity index (χ0v) is 18.3. The maximum absolute atomic E-state index is 5.66. The second kappa shape index (κ2) is 12.0. The number of rotatable bonds is 10. The van der Waals surface area contributed by atoms with Crippen LogP contribution in [0.2, 0.25) is 0 Å². The number of hydrogen-bond donors (Lipinski definition) is 2. The number of anilines is 1. The van der Waals surface area contributed by atoms with Crippen molar-refractivity contribution in [3.63, 3.8) is 0 Å². The molecule has 158 valence electrons. The van der Waals surface area contributed by atoms with Crippen LogP contribution in [-0.4, -0.2) is 44.7 Å². The smallest absolute Gasteiger partial charge is 0.196 e. The van der Waals surface area contributed by atoms with Crippen molar-refractivity contribution in [2.45, 2.75) is 33.9 Å². The van der Waals surface area contributed by atoms with Gasteiger partial charge in [0.05, 0.1) is 20.3 Å². The summed E-state index contributed by atoms with van der Waals surface area (Å²) < 4.78 is 11.0. The van der Waals surface area contributed by atoms with Gasteiger partial charge in [0.2, 0.25) is 0 Å². The minimum atomic E-state index is 0.581. The van der Waals surface area contributed by atoms with Gasteiger partial charge >= 0.3 is 0 Å². The van der Waals surface area contributed by atoms with E-state index in [2.05, 4.69) is 60.7 Å². The quantitative estimate of drug-likeness (QED) is 0.466. The Bertz CT molecular complexity index is 792. The van der Waals surface area contributed by atoms with Gasteiger partial charge < -0.3 is 25.0 Å². The highest BCUT2D eigenvalue weighted by molar-refractivity contribution is 5.93. The van der Waals surface area contributed by atoms with Crippen LogP contribution in [0.3, 0.4) is 0 Å². The molecule has 0 aliphatic heterocycles. The van der Waals surface area contributed by atoms with Gasteiger partial charge in [0, 0.05) is 24.8 Å². The third-order valence-corrected chi connectivity index (χ3v) is 4.47. The van der Waals surface area contributed by atoms with Gasteiger partial charge in [0.1, 0.15) is 0 Å². The Kier molecular flexibility index (Phi) is 9.31. The molecule has 0 saturated carbocycles. The fraction of sp³-hybridized carbons (Fsp3) is 0.435. The highest BCUT2D eigenvalue weighted by Gasteiger charge is 2.07. The van der Waals surface area contributed by atoms with Crippen LogP contribution in [0.1, 0.15) is 31.9 Å². The van der Waals surface area contributed by atoms with E-state index in [1.165, 1.54) is 11.1 Å². The van der Waals surface area contributed by atoms with Crippen molar-refractivity contribution < 1.29 is 9.47 Å². The second-order valence-corrected chi connectivity index (χ2v) is 6.77. The number of methoxy groups -OCH3 is 1. The van der Waals surface area contributed by atoms with Gasteiger partial charge in [-0.25, -0.2) is 4.99 Å². The lowest BCUT2D eigenvalue weighted by atomic mass is 10.1. The van der Waals surface area contributed by atoms with Crippen LogP contribution in [0.4, 0.5) is 5.69 Å². The summed E-state index contributed by atoms with van der Waals surface area (Å²) in [5.74, 6) is 2.16. The molecule has 2 aromatic carbocycles. The van der Waals surface area contributed by atoms with Crippen LogP contribution >= 0.6 is 0 Å². The molecule has 0 atom stereocenters. The number of benzene rings is 2. The van der Waals surface area contributed by atoms with Gasteiger partial charge in [-0.05, 0) is 50.7 Å². The lowest BCUT2D eigenvalue weighted by molar-refractivity contribution is 0.311. The van der Waals surface area contributed by atoms with Gasteiger partial charge in [-0.2, -0.15) is 0 Å². The average molecular weight is 399 g/mol. The molecule has 0 aliphatic carbocycles. The third-order valence-electron chi connectivity index (χ3n) is 4.47. The molecule has 0 aromatic heterocycles. The lowest BCUT2D eigenvalue weighted by Gasteiger charge is -2.15. The van der Waals surface area contributed by atoms with E-state index in [1.54, 1.807) is 7.11 Å². The minimum absolute atomic E-state index is 0.581. The van der Waals surface area contributed by atoms with E-state index in [-0.39, 0.29) is 0 Å². The van der Waals surface area contributed by atoms with E-state index in [0.717, 1.165) is 31.3 Å². The standard InChI is InChI=1S/C23H34N4O2/c1-6-24-23(26-20-12-13-21(28-5)22(15-20)29-8-3)25-16-18-10-9-11-19(14-18)17-27(4)7-2/h9-15H,6-8,16-17H2,1-5H3,(H2,24,25,26). The molecular weight excluding hydrogens is 364 g/mol. The van der Waals surface area contributed by atoms with Gasteiger partial charge in [-0.1, -0.05) is 31.2 Å². The Balaban J connectivity index is 2.12. The first-order valence-corrected chi connectivity index (χ1v) is 10.2. The second-order valence-electron chi connectivity index (χ2n) is 6.77. The summed E-state index contributed by atoms with van der Waals surface area (Å²) in [6.07, 6.45) is 0. The number of aliphatic imine (C=N–C) groups is 1. The number of guanidine groups is 1. The predicted octanol–water partition coefficient (Wildman–Crippen LogP) is 4.12. The van der Waals surface area contributed by atoms with Crippen LogP contribution in [0.25, 0.3) is 0 Å². The first-order chi connectivity index (χ1) is 14.1. The van der Waals surface area contributed by atoms with Crippen LogP contribution in [-0.2, 0) is 13.1 Å². The average Bonchev–Trinajstić information content (AvgIpc) is 2.73. The molecule has 0 spiro atoms. The molecule has 2 aromatic rings. The van der Waals surface area contributed by atoms with Crippen molar-refractivity contribution in [3.8, 4) is 11.5 Å². The number of ether oxygens (including phenoxy) is 2. The number of nitrogens with one attached hydrogen (secondary N) is 2. The highest BCUT2D eigenvalue weighted by atomic mass is 16.5. The monoisotopic (exact) mass is 398 g/mol. The summed E-state index contributed by atoms with van der Waals surface area (Å²) in [5.41, 5.74) is 3.39. The topological polar surface area (TPSA) is 58.1 Å². The van der Waals surface area contributed by atoms with Crippen molar-refractivity contribution in [1.82, 2.24) is 10.2 Å². The van der Waals surface area contributed by atoms with Gasteiger partial charge in [-0.3, -0.25) is 0 Å². The van der Waals surface area contributed by atoms with Crippen LogP contribution in [0.15, 0.2) is 47.5 Å². The highest BCUT2D eigenvalue weighted by Crippen LogP contribution is 2.30. The van der Waals surface area contributed by atoms with E-state index < -0.39 is 0 Å². The summed E-state index contributed by atoms with van der Waals surface area (Å²) in [6.45, 7) is 10.1. The van der Waals surface area contributed by atoms with E-state index in [1.807, 2.05) is 25.1 Å². The molecule has 0 amide bonds. The molecule has 2 N–H and O–H groups in total. The van der Waals surface area contributed by atoms with Gasteiger partial charge in [-0.15, -0.1) is 0 Å². The number of nitrogens with zero attached hydrogens (tertiary/aromatic N) is 2. The zero-order valence-electron chi connectivity index (χ0n) is 18.3. The summed E-state index contributed by atoms with van der Waals surface area (Å²) in [5, 5.41) is 6.65. The van der Waals surface area contributed by atoms with Crippen molar-refractivity contribution in [2.24, 2.45) is 4.99 Å². The first kappa shape index (κ1) is 22.6. The van der Waals surface area contributed by atoms with Crippen molar-refractivity contribution >= 4 is 11.6 Å². The summed E-state index contributed by atoms with van der Waals surface area (Å²) >= 11 is 0. The predicted molar refractivity (Wildman–Crippen MR) is 121 cm³/mol. The molecule has 0 unspecified atom stereocenters. The Morgan fingerprint density at radius 1 is 1.03 bits per heavy atom. The maximum atomic E-state index is 5.66. The van der Waals surface area contributed by atoms with E-state index in [9.17, 15) is 0 Å². The molecule has 0 radical (unpaired) electrons. The molecule has 0 saturated heterocycles. The molecule has 6 nitrogen and oxygen atoms in total. The normalized spacial score (nSPS) is 11.4. The minimum Gasteiger partial charge on any atom is -0.493 e. The van der Waals surface area contributed by atoms with Gasteiger partial charge in [0.15, 0.2) is 17.5 Å². The fourth-order valence-electron chi connectivity index (χ4n) is 2.89. The van der Waals surface area contributed by atoms with E-state index in [4.69, 9.17) is 14.5 Å². The Labute approximate surface area is 174 Å². The summed E-state index contributed by atoms with van der Waals surface area (Å²) in [7, 11) is 3.77. The molecule has 29 heavy (non-hydrogen) atoms. The molecule has 2 rings (SSSR count). The van der Waals surface area contributed by atoms with Crippen LogP contribution in [0.5, 0.6) is 11.5 Å². The Hall–Kier alpha value is -2.73. The first-order valence-electron chi connectivity index (χ1n) is 10.2. The Morgan fingerprint density at radius 2 is 1.83 bits per heavy atom. The van der Waals surface area contributed by atoms with Crippen molar-refractivity contribution in [3.05, 3.63) is 53.6 Å². The lowest BCUT2D eigenvalue weighted by Crippen LogP contribution is -2.30. The SMILES string of the molecule is CCNC(=NCc1cccc(CN(C)CC)c1)Nc1ccc(OC)c(OCC)c1. The van der Waals surface area contributed by atoms with E-state index in [0.29, 0.717) is 24.7 Å². The fourth-order valence-corrected chi connectivity index (χ4v) is 2.89. The van der Waals surface area contributed by atoms with Crippen LogP contribution < -0.4 is 20.1 Å². The maximum Gasteiger partial charge on any atom is 0.196 e. The molecule has 0 fully saturated rings. The number of hydrogen-bond acceptors (Lipinski definition) is 4. The molecule has 0 aliphatic rings. The van der Waals surface area contributed by atoms with Gasteiger partial charge in [0.25, 0.3) is 0 Å². The summed E-state index contributed by atoms with van der Waals surface area (Å²) in [6, 6.07) is 14.4. The molecule has 0 heterocycles. The largest absolute Gasteiger partial charge is 0.493 e. The molecular formula is C23H34N4O2. The third kappa shape index (κ3) is 7.31. The van der Waals surface area contributed by atoms with Crippen molar-refractivity contribution in [1.29, 1.82) is 0 Å². The molecule has 0 bridgehead atoms. The summed E-state index contributed by atoms with van der Waals surface area (Å²) in [4.78, 5) is 7.03. The van der Waals surface area contributed by atoms with E-state index >= 15 is 0 Å². The molecule has 6 heteroatoms. The Morgan fingerprint density at radius 3 is 2.52 bits per heavy atom. The van der Waals surface area contributed by atoms with Crippen molar-refractivity contribution in [2.75, 3.05) is 39.2 Å². The van der Waals surface area contributed by atoms with Crippen LogP contribution in [0, 0.1) is 0 Å².